The minimum Gasteiger partial charge on any atom is -0.497 e. The van der Waals surface area contributed by atoms with Crippen LogP contribution in [0.4, 0.5) is 0 Å². The van der Waals surface area contributed by atoms with E-state index in [2.05, 4.69) is 10.1 Å². The van der Waals surface area contributed by atoms with Gasteiger partial charge in [0, 0.05) is 12.0 Å². The third kappa shape index (κ3) is 3.07. The molecule has 0 fully saturated rings. The van der Waals surface area contributed by atoms with Crippen LogP contribution in [-0.2, 0) is 6.42 Å². The molecular weight excluding hydrogens is 230 g/mol. The smallest absolute Gasteiger partial charge is 0.226 e. The molecule has 96 valence electrons. The van der Waals surface area contributed by atoms with Gasteiger partial charge in [-0.2, -0.15) is 4.98 Å². The van der Waals surface area contributed by atoms with Gasteiger partial charge in [-0.3, -0.25) is 0 Å². The summed E-state index contributed by atoms with van der Waals surface area (Å²) in [6.07, 6.45) is 2.71. The molecule has 0 aliphatic heterocycles. The lowest BCUT2D eigenvalue weighted by Crippen LogP contribution is -1.99. The summed E-state index contributed by atoms with van der Waals surface area (Å²) in [7, 11) is 1.63. The molecule has 0 aliphatic rings. The Hall–Kier alpha value is -1.88. The average Bonchev–Trinajstić information content (AvgIpc) is 2.88. The predicted octanol–water partition coefficient (Wildman–Crippen LogP) is 2.03. The number of benzene rings is 1. The fraction of sp³-hybridized carbons (Fsp3) is 0.385. The average molecular weight is 247 g/mol. The van der Waals surface area contributed by atoms with Crippen molar-refractivity contribution in [3.8, 4) is 17.1 Å². The number of methoxy groups -OCH3 is 1. The predicted molar refractivity (Wildman–Crippen MR) is 68.3 cm³/mol. The molecule has 0 saturated heterocycles. The van der Waals surface area contributed by atoms with Crippen LogP contribution in [-0.4, -0.2) is 23.8 Å². The summed E-state index contributed by atoms with van der Waals surface area (Å²) in [6, 6.07) is 7.59. The highest BCUT2D eigenvalue weighted by atomic mass is 16.5. The quantitative estimate of drug-likeness (QED) is 0.790. The third-order valence-electron chi connectivity index (χ3n) is 2.64. The first-order chi connectivity index (χ1) is 8.83. The summed E-state index contributed by atoms with van der Waals surface area (Å²) in [5.74, 6) is 2.03. The van der Waals surface area contributed by atoms with Crippen molar-refractivity contribution in [1.82, 2.24) is 10.1 Å². The standard InChI is InChI=1S/C13H17N3O2/c1-17-11-6-4-5-10(9-11)13-15-12(18-16-13)7-2-3-8-14/h4-6,9H,2-3,7-8,14H2,1H3. The van der Waals surface area contributed by atoms with Crippen LogP contribution in [0.5, 0.6) is 5.75 Å². The molecular formula is C13H17N3O2. The fourth-order valence-electron chi connectivity index (χ4n) is 1.66. The van der Waals surface area contributed by atoms with E-state index in [1.165, 1.54) is 0 Å². The number of hydrogen-bond donors (Lipinski definition) is 1. The Balaban J connectivity index is 2.08. The monoisotopic (exact) mass is 247 g/mol. The van der Waals surface area contributed by atoms with Gasteiger partial charge in [-0.1, -0.05) is 17.3 Å². The second kappa shape index (κ2) is 6.16. The topological polar surface area (TPSA) is 74.2 Å². The van der Waals surface area contributed by atoms with Crippen molar-refractivity contribution < 1.29 is 9.26 Å². The van der Waals surface area contributed by atoms with Gasteiger partial charge in [-0.15, -0.1) is 0 Å². The fourth-order valence-corrected chi connectivity index (χ4v) is 1.66. The normalized spacial score (nSPS) is 10.6. The van der Waals surface area contributed by atoms with Gasteiger partial charge in [-0.05, 0) is 31.5 Å². The second-order valence-electron chi connectivity index (χ2n) is 3.99. The van der Waals surface area contributed by atoms with Crippen LogP contribution in [0.3, 0.4) is 0 Å². The molecule has 2 N–H and O–H groups in total. The lowest BCUT2D eigenvalue weighted by atomic mass is 10.2. The highest BCUT2D eigenvalue weighted by molar-refractivity contribution is 5.56. The summed E-state index contributed by atoms with van der Waals surface area (Å²) in [5, 5.41) is 3.97. The van der Waals surface area contributed by atoms with Crippen LogP contribution in [0.2, 0.25) is 0 Å². The molecule has 0 unspecified atom stereocenters. The van der Waals surface area contributed by atoms with Crippen molar-refractivity contribution in [2.75, 3.05) is 13.7 Å². The molecule has 0 aliphatic carbocycles. The van der Waals surface area contributed by atoms with Crippen molar-refractivity contribution >= 4 is 0 Å². The zero-order valence-corrected chi connectivity index (χ0v) is 10.4. The summed E-state index contributed by atoms with van der Waals surface area (Å²) >= 11 is 0. The number of rotatable bonds is 6. The number of unbranched alkanes of at least 4 members (excludes halogenated alkanes) is 1. The van der Waals surface area contributed by atoms with E-state index in [4.69, 9.17) is 15.0 Å². The Morgan fingerprint density at radius 3 is 3.00 bits per heavy atom. The molecule has 1 aromatic heterocycles. The molecule has 2 rings (SSSR count). The van der Waals surface area contributed by atoms with Gasteiger partial charge < -0.3 is 15.0 Å². The molecule has 5 nitrogen and oxygen atoms in total. The van der Waals surface area contributed by atoms with Gasteiger partial charge in [-0.25, -0.2) is 0 Å². The third-order valence-corrected chi connectivity index (χ3v) is 2.64. The molecule has 5 heteroatoms. The van der Waals surface area contributed by atoms with Crippen LogP contribution in [0.25, 0.3) is 11.4 Å². The number of aromatic nitrogens is 2. The molecule has 1 heterocycles. The van der Waals surface area contributed by atoms with Crippen LogP contribution >= 0.6 is 0 Å². The van der Waals surface area contributed by atoms with E-state index in [9.17, 15) is 0 Å². The molecule has 0 amide bonds. The van der Waals surface area contributed by atoms with E-state index in [1.54, 1.807) is 7.11 Å². The summed E-state index contributed by atoms with van der Waals surface area (Å²) < 4.78 is 10.4. The summed E-state index contributed by atoms with van der Waals surface area (Å²) in [6.45, 7) is 0.691. The maximum atomic E-state index is 5.44. The highest BCUT2D eigenvalue weighted by Crippen LogP contribution is 2.21. The van der Waals surface area contributed by atoms with Crippen molar-refractivity contribution in [2.24, 2.45) is 5.73 Å². The van der Waals surface area contributed by atoms with Crippen LogP contribution < -0.4 is 10.5 Å². The van der Waals surface area contributed by atoms with Crippen LogP contribution in [0, 0.1) is 0 Å². The Morgan fingerprint density at radius 1 is 1.33 bits per heavy atom. The first-order valence-corrected chi connectivity index (χ1v) is 6.00. The molecule has 18 heavy (non-hydrogen) atoms. The maximum absolute atomic E-state index is 5.44. The number of ether oxygens (including phenoxy) is 1. The number of aryl methyl sites for hydroxylation is 1. The van der Waals surface area contributed by atoms with Gasteiger partial charge in [0.2, 0.25) is 11.7 Å². The van der Waals surface area contributed by atoms with Crippen LogP contribution in [0.15, 0.2) is 28.8 Å². The van der Waals surface area contributed by atoms with E-state index < -0.39 is 0 Å². The number of nitrogens with zero attached hydrogens (tertiary/aromatic N) is 2. The summed E-state index contributed by atoms with van der Waals surface area (Å²) in [5.41, 5.74) is 6.33. The summed E-state index contributed by atoms with van der Waals surface area (Å²) in [4.78, 5) is 4.35. The van der Waals surface area contributed by atoms with Gasteiger partial charge in [0.25, 0.3) is 0 Å². The molecule has 0 bridgehead atoms. The SMILES string of the molecule is COc1cccc(-c2noc(CCCCN)n2)c1. The van der Waals surface area contributed by atoms with Crippen molar-refractivity contribution in [2.45, 2.75) is 19.3 Å². The van der Waals surface area contributed by atoms with E-state index in [0.717, 1.165) is 30.6 Å². The molecule has 0 saturated carbocycles. The Morgan fingerprint density at radius 2 is 2.22 bits per heavy atom. The largest absolute Gasteiger partial charge is 0.497 e. The molecule has 1 aromatic carbocycles. The number of hydrogen-bond acceptors (Lipinski definition) is 5. The van der Waals surface area contributed by atoms with Gasteiger partial charge >= 0.3 is 0 Å². The number of nitrogens with two attached hydrogens (primary N) is 1. The van der Waals surface area contributed by atoms with E-state index in [0.29, 0.717) is 18.3 Å². The Bertz CT molecular complexity index is 496. The Kier molecular flexibility index (Phi) is 4.30. The molecule has 0 radical (unpaired) electrons. The Labute approximate surface area is 106 Å². The molecule has 0 atom stereocenters. The first-order valence-electron chi connectivity index (χ1n) is 6.00. The minimum atomic E-state index is 0.594. The van der Waals surface area contributed by atoms with Crippen molar-refractivity contribution in [3.05, 3.63) is 30.2 Å². The second-order valence-corrected chi connectivity index (χ2v) is 3.99. The van der Waals surface area contributed by atoms with E-state index in [1.807, 2.05) is 24.3 Å². The molecule has 0 spiro atoms. The lowest BCUT2D eigenvalue weighted by molar-refractivity contribution is 0.375. The molecule has 2 aromatic rings. The maximum Gasteiger partial charge on any atom is 0.226 e. The first kappa shape index (κ1) is 12.6. The van der Waals surface area contributed by atoms with Crippen molar-refractivity contribution in [1.29, 1.82) is 0 Å². The zero-order chi connectivity index (χ0) is 12.8. The highest BCUT2D eigenvalue weighted by Gasteiger charge is 2.08. The van der Waals surface area contributed by atoms with E-state index >= 15 is 0 Å². The van der Waals surface area contributed by atoms with Gasteiger partial charge in [0.1, 0.15) is 5.75 Å². The lowest BCUT2D eigenvalue weighted by Gasteiger charge is -1.99. The van der Waals surface area contributed by atoms with Crippen LogP contribution in [0.1, 0.15) is 18.7 Å². The minimum absolute atomic E-state index is 0.594. The zero-order valence-electron chi connectivity index (χ0n) is 10.4. The van der Waals surface area contributed by atoms with Crippen molar-refractivity contribution in [3.63, 3.8) is 0 Å². The van der Waals surface area contributed by atoms with E-state index in [-0.39, 0.29) is 0 Å². The van der Waals surface area contributed by atoms with Gasteiger partial charge in [0.05, 0.1) is 7.11 Å². The van der Waals surface area contributed by atoms with Gasteiger partial charge in [0.15, 0.2) is 0 Å².